The summed E-state index contributed by atoms with van der Waals surface area (Å²) in [5.41, 5.74) is 2.11. The van der Waals surface area contributed by atoms with Gasteiger partial charge in [-0.2, -0.15) is 0 Å². The lowest BCUT2D eigenvalue weighted by atomic mass is 9.68. The Labute approximate surface area is 199 Å². The second kappa shape index (κ2) is 9.51. The van der Waals surface area contributed by atoms with E-state index in [-0.39, 0.29) is 35.3 Å². The number of carbonyl (C=O) groups excluding carboxylic acids is 2. The van der Waals surface area contributed by atoms with Crippen LogP contribution in [0.5, 0.6) is 0 Å². The van der Waals surface area contributed by atoms with Crippen molar-refractivity contribution in [2.45, 2.75) is 57.7 Å². The lowest BCUT2D eigenvalue weighted by Crippen LogP contribution is -2.58. The molecule has 1 N–H and O–H groups in total. The standard InChI is InChI=1S/C26H31ClN2O4/c1-16-15-33-23-12-19(10-17-6-8-32-9-7-17)11-21-24(23)29(16)14-22(25(21)30)26(31)28-13-18-2-4-20(27)5-3-18/h2-5,14-15,17,19,21,23-24H,6-13H2,1H3,(H,28,31). The molecule has 3 aliphatic heterocycles. The van der Waals surface area contributed by atoms with Gasteiger partial charge in [0.15, 0.2) is 5.78 Å². The van der Waals surface area contributed by atoms with Gasteiger partial charge in [-0.3, -0.25) is 9.59 Å². The van der Waals surface area contributed by atoms with Crippen LogP contribution >= 0.6 is 11.6 Å². The summed E-state index contributed by atoms with van der Waals surface area (Å²) in [7, 11) is 0. The number of hydrogen-bond donors (Lipinski definition) is 1. The van der Waals surface area contributed by atoms with Gasteiger partial charge in [0.25, 0.3) is 5.91 Å². The lowest BCUT2D eigenvalue weighted by molar-refractivity contribution is -0.133. The molecule has 1 saturated carbocycles. The average Bonchev–Trinajstić information content (AvgIpc) is 2.82. The fourth-order valence-corrected chi connectivity index (χ4v) is 5.99. The van der Waals surface area contributed by atoms with Gasteiger partial charge in [-0.15, -0.1) is 0 Å². The van der Waals surface area contributed by atoms with Crippen LogP contribution in [-0.4, -0.2) is 41.9 Å². The maximum absolute atomic E-state index is 13.6. The van der Waals surface area contributed by atoms with Gasteiger partial charge >= 0.3 is 0 Å². The molecule has 176 valence electrons. The van der Waals surface area contributed by atoms with Crippen LogP contribution in [0.4, 0.5) is 0 Å². The van der Waals surface area contributed by atoms with Crippen LogP contribution in [0.3, 0.4) is 0 Å². The first-order valence-corrected chi connectivity index (χ1v) is 12.3. The minimum Gasteiger partial charge on any atom is -0.494 e. The zero-order valence-corrected chi connectivity index (χ0v) is 19.7. The van der Waals surface area contributed by atoms with E-state index in [2.05, 4.69) is 10.2 Å². The van der Waals surface area contributed by atoms with Gasteiger partial charge in [0.2, 0.25) is 0 Å². The number of ketones is 1. The molecule has 6 nitrogen and oxygen atoms in total. The molecule has 5 rings (SSSR count). The number of nitrogens with one attached hydrogen (secondary N) is 1. The normalized spacial score (nSPS) is 29.5. The second-order valence-electron chi connectivity index (χ2n) is 9.78. The van der Waals surface area contributed by atoms with E-state index in [1.807, 2.05) is 19.1 Å². The number of Topliss-reactive ketones (excluding diaryl/α,β-unsaturated/α-hetero) is 1. The van der Waals surface area contributed by atoms with Crippen molar-refractivity contribution in [2.24, 2.45) is 17.8 Å². The third-order valence-corrected chi connectivity index (χ3v) is 7.83. The van der Waals surface area contributed by atoms with E-state index in [1.54, 1.807) is 24.6 Å². The quantitative estimate of drug-likeness (QED) is 0.653. The zero-order chi connectivity index (χ0) is 22.9. The molecular formula is C26H31ClN2O4. The maximum Gasteiger partial charge on any atom is 0.256 e. The Morgan fingerprint density at radius 3 is 2.67 bits per heavy atom. The van der Waals surface area contributed by atoms with Crippen molar-refractivity contribution < 1.29 is 19.1 Å². The first-order chi connectivity index (χ1) is 16.0. The SMILES string of the molecule is CC1=COC2CC(CC3CCOCC3)CC3C(=O)C(C(=O)NCc4ccc(Cl)cc4)=CN1C23. The summed E-state index contributed by atoms with van der Waals surface area (Å²) in [6.45, 7) is 3.98. The largest absolute Gasteiger partial charge is 0.494 e. The predicted molar refractivity (Wildman–Crippen MR) is 125 cm³/mol. The summed E-state index contributed by atoms with van der Waals surface area (Å²) >= 11 is 5.95. The van der Waals surface area contributed by atoms with Crippen LogP contribution in [-0.2, 0) is 25.6 Å². The van der Waals surface area contributed by atoms with Crippen molar-refractivity contribution in [3.05, 3.63) is 58.6 Å². The number of hydrogen-bond acceptors (Lipinski definition) is 5. The van der Waals surface area contributed by atoms with Gasteiger partial charge in [-0.25, -0.2) is 0 Å². The molecule has 4 aliphatic rings. The summed E-state index contributed by atoms with van der Waals surface area (Å²) in [4.78, 5) is 28.7. The average molecular weight is 471 g/mol. The molecule has 33 heavy (non-hydrogen) atoms. The van der Waals surface area contributed by atoms with E-state index in [0.717, 1.165) is 56.6 Å². The number of allylic oxidation sites excluding steroid dienone is 1. The van der Waals surface area contributed by atoms with E-state index < -0.39 is 0 Å². The second-order valence-corrected chi connectivity index (χ2v) is 10.2. The number of halogens is 1. The van der Waals surface area contributed by atoms with Gasteiger partial charge in [-0.1, -0.05) is 23.7 Å². The van der Waals surface area contributed by atoms with Gasteiger partial charge in [-0.05, 0) is 68.6 Å². The molecule has 1 aromatic rings. The van der Waals surface area contributed by atoms with E-state index >= 15 is 0 Å². The fraction of sp³-hybridized carbons (Fsp3) is 0.538. The summed E-state index contributed by atoms with van der Waals surface area (Å²) in [6.07, 6.45) is 8.55. The third-order valence-electron chi connectivity index (χ3n) is 7.58. The van der Waals surface area contributed by atoms with Crippen molar-refractivity contribution in [2.75, 3.05) is 13.2 Å². The molecule has 1 aliphatic carbocycles. The van der Waals surface area contributed by atoms with Gasteiger partial charge in [0.05, 0.1) is 11.6 Å². The summed E-state index contributed by atoms with van der Waals surface area (Å²) in [6, 6.07) is 7.30. The Hall–Kier alpha value is -2.31. The van der Waals surface area contributed by atoms with Gasteiger partial charge < -0.3 is 19.7 Å². The molecule has 0 spiro atoms. The summed E-state index contributed by atoms with van der Waals surface area (Å²) in [5, 5.41) is 3.57. The van der Waals surface area contributed by atoms with Crippen LogP contribution in [0.2, 0.25) is 5.02 Å². The monoisotopic (exact) mass is 470 g/mol. The highest BCUT2D eigenvalue weighted by molar-refractivity contribution is 6.30. The predicted octanol–water partition coefficient (Wildman–Crippen LogP) is 4.20. The summed E-state index contributed by atoms with van der Waals surface area (Å²) < 4.78 is 11.6. The third kappa shape index (κ3) is 4.69. The van der Waals surface area contributed by atoms with Crippen LogP contribution in [0.25, 0.3) is 0 Å². The van der Waals surface area contributed by atoms with Crippen molar-refractivity contribution in [1.29, 1.82) is 0 Å². The Kier molecular flexibility index (Phi) is 6.48. The number of rotatable bonds is 5. The molecule has 7 heteroatoms. The highest BCUT2D eigenvalue weighted by Gasteiger charge is 2.50. The Balaban J connectivity index is 1.33. The molecule has 4 atom stereocenters. The number of carbonyl (C=O) groups is 2. The van der Waals surface area contributed by atoms with Crippen LogP contribution in [0, 0.1) is 17.8 Å². The molecular weight excluding hydrogens is 440 g/mol. The number of benzene rings is 1. The highest BCUT2D eigenvalue weighted by Crippen LogP contribution is 2.45. The lowest BCUT2D eigenvalue weighted by Gasteiger charge is -2.50. The first kappa shape index (κ1) is 22.5. The van der Waals surface area contributed by atoms with Crippen LogP contribution in [0.15, 0.2) is 48.0 Å². The Morgan fingerprint density at radius 2 is 1.91 bits per heavy atom. The molecule has 0 radical (unpaired) electrons. The molecule has 1 saturated heterocycles. The molecule has 2 fully saturated rings. The van der Waals surface area contributed by atoms with Crippen molar-refractivity contribution in [1.82, 2.24) is 10.2 Å². The van der Waals surface area contributed by atoms with E-state index in [4.69, 9.17) is 21.1 Å². The Morgan fingerprint density at radius 1 is 1.15 bits per heavy atom. The smallest absolute Gasteiger partial charge is 0.256 e. The van der Waals surface area contributed by atoms with Crippen molar-refractivity contribution in [3.63, 3.8) is 0 Å². The topological polar surface area (TPSA) is 67.9 Å². The molecule has 0 bridgehead atoms. The van der Waals surface area contributed by atoms with Crippen LogP contribution in [0.1, 0.15) is 44.6 Å². The minimum atomic E-state index is -0.323. The van der Waals surface area contributed by atoms with Crippen LogP contribution < -0.4 is 5.32 Å². The maximum atomic E-state index is 13.6. The van der Waals surface area contributed by atoms with E-state index in [0.29, 0.717) is 23.4 Å². The van der Waals surface area contributed by atoms with Gasteiger partial charge in [0.1, 0.15) is 12.4 Å². The highest BCUT2D eigenvalue weighted by atomic mass is 35.5. The van der Waals surface area contributed by atoms with Crippen molar-refractivity contribution in [3.8, 4) is 0 Å². The Bertz CT molecular complexity index is 967. The minimum absolute atomic E-state index is 0.0174. The molecule has 1 amide bonds. The number of ether oxygens (including phenoxy) is 2. The van der Waals surface area contributed by atoms with E-state index in [1.165, 1.54) is 0 Å². The van der Waals surface area contributed by atoms with Crippen molar-refractivity contribution >= 4 is 23.3 Å². The number of amides is 1. The molecule has 3 heterocycles. The zero-order valence-electron chi connectivity index (χ0n) is 19.0. The fourth-order valence-electron chi connectivity index (χ4n) is 5.86. The first-order valence-electron chi connectivity index (χ1n) is 12.0. The molecule has 0 aromatic heterocycles. The summed E-state index contributed by atoms with van der Waals surface area (Å²) in [5.74, 6) is 0.473. The van der Waals surface area contributed by atoms with E-state index in [9.17, 15) is 9.59 Å². The van der Waals surface area contributed by atoms with Gasteiger partial charge in [0, 0.05) is 42.6 Å². The molecule has 4 unspecified atom stereocenters. The number of nitrogens with zero attached hydrogens (tertiary/aromatic N) is 1. The molecule has 1 aromatic carbocycles.